The number of unbranched alkanes of at least 4 members (excludes halogenated alkanes) is 5. The minimum atomic E-state index is -0.880. The summed E-state index contributed by atoms with van der Waals surface area (Å²) in [4.78, 5) is 0. The van der Waals surface area contributed by atoms with Gasteiger partial charge in [-0.05, 0) is 25.6 Å². The van der Waals surface area contributed by atoms with E-state index in [0.29, 0.717) is 11.7 Å². The van der Waals surface area contributed by atoms with Crippen LogP contribution in [0.25, 0.3) is 0 Å². The first-order chi connectivity index (χ1) is 11.0. The third-order valence-corrected chi connectivity index (χ3v) is 4.97. The molecule has 1 saturated heterocycles. The first-order valence-electron chi connectivity index (χ1n) is 9.00. The molecule has 1 rings (SSSR count). The van der Waals surface area contributed by atoms with Gasteiger partial charge < -0.3 is 25.6 Å². The molecular weight excluding hydrogens is 312 g/mol. The van der Waals surface area contributed by atoms with Crippen molar-refractivity contribution in [3.63, 3.8) is 0 Å². The van der Waals surface area contributed by atoms with Crippen molar-refractivity contribution in [3.8, 4) is 0 Å². The van der Waals surface area contributed by atoms with Crippen molar-refractivity contribution in [2.24, 2.45) is 5.92 Å². The molecule has 136 valence electrons. The second-order valence-electron chi connectivity index (χ2n) is 6.62. The normalized spacial score (nSPS) is 30.9. The maximum absolute atomic E-state index is 10.1. The first-order valence-corrected chi connectivity index (χ1v) is 9.41. The van der Waals surface area contributed by atoms with E-state index in [4.69, 9.17) is 17.0 Å². The Morgan fingerprint density at radius 2 is 1.65 bits per heavy atom. The second-order valence-corrected chi connectivity index (χ2v) is 7.03. The predicted octanol–water partition coefficient (Wildman–Crippen LogP) is 1.96. The first kappa shape index (κ1) is 20.6. The molecule has 3 unspecified atom stereocenters. The quantitative estimate of drug-likeness (QED) is 0.378. The van der Waals surface area contributed by atoms with E-state index in [0.717, 1.165) is 13.0 Å². The molecule has 0 aliphatic carbocycles. The zero-order chi connectivity index (χ0) is 17.2. The van der Waals surface area contributed by atoms with Crippen molar-refractivity contribution in [2.45, 2.75) is 83.7 Å². The highest BCUT2D eigenvalue weighted by atomic mass is 32.1. The summed E-state index contributed by atoms with van der Waals surface area (Å²) in [6.07, 6.45) is 5.37. The summed E-state index contributed by atoms with van der Waals surface area (Å²) >= 11 is 5.24. The van der Waals surface area contributed by atoms with Gasteiger partial charge in [0.2, 0.25) is 0 Å². The monoisotopic (exact) mass is 346 g/mol. The highest BCUT2D eigenvalue weighted by Crippen LogP contribution is 2.25. The van der Waals surface area contributed by atoms with E-state index < -0.39 is 18.3 Å². The topological polar surface area (TPSA) is 73.8 Å². The van der Waals surface area contributed by atoms with E-state index in [1.807, 2.05) is 13.8 Å². The smallest absolute Gasteiger partial charge is 0.166 e. The average molecular weight is 347 g/mol. The molecule has 1 heterocycles. The number of aliphatic hydroxyl groups excluding tert-OH is 2. The Labute approximate surface area is 146 Å². The van der Waals surface area contributed by atoms with Crippen LogP contribution in [0.3, 0.4) is 0 Å². The molecule has 5 nitrogen and oxygen atoms in total. The molecule has 0 bridgehead atoms. The van der Waals surface area contributed by atoms with Crippen LogP contribution in [0.2, 0.25) is 0 Å². The van der Waals surface area contributed by atoms with Crippen LogP contribution in [0.4, 0.5) is 0 Å². The van der Waals surface area contributed by atoms with Crippen molar-refractivity contribution in [1.82, 2.24) is 10.6 Å². The summed E-state index contributed by atoms with van der Waals surface area (Å²) in [5.41, 5.74) is 0. The zero-order valence-electron chi connectivity index (χ0n) is 14.8. The van der Waals surface area contributed by atoms with Crippen molar-refractivity contribution in [1.29, 1.82) is 0 Å². The Bertz CT molecular complexity index is 344. The molecule has 0 aromatic rings. The standard InChI is InChI=1S/C17H34N2O3S/c1-4-5-6-7-8-9-10-18-17(23)19-11-14-16(21)15(20)12(2)13(3)22-14/h12-16,20-21H,4-11H2,1-3H3,(H2,18,19,23)/t12?,13-,14?,15?,16-/m1/s1. The molecule has 6 heteroatoms. The summed E-state index contributed by atoms with van der Waals surface area (Å²) in [5, 5.41) is 26.9. The van der Waals surface area contributed by atoms with Crippen LogP contribution >= 0.6 is 12.2 Å². The molecule has 0 aromatic carbocycles. The van der Waals surface area contributed by atoms with Crippen molar-refractivity contribution >= 4 is 17.3 Å². The van der Waals surface area contributed by atoms with Gasteiger partial charge in [0, 0.05) is 19.0 Å². The van der Waals surface area contributed by atoms with Gasteiger partial charge in [0.05, 0.1) is 12.2 Å². The number of hydrogen-bond acceptors (Lipinski definition) is 4. The number of rotatable bonds is 9. The fourth-order valence-corrected chi connectivity index (χ4v) is 3.01. The van der Waals surface area contributed by atoms with Crippen LogP contribution in [-0.2, 0) is 4.74 Å². The van der Waals surface area contributed by atoms with Crippen molar-refractivity contribution in [3.05, 3.63) is 0 Å². The lowest BCUT2D eigenvalue weighted by Gasteiger charge is -2.40. The Morgan fingerprint density at radius 3 is 2.35 bits per heavy atom. The molecule has 0 radical (unpaired) electrons. The predicted molar refractivity (Wildman–Crippen MR) is 97.5 cm³/mol. The molecule has 1 aliphatic rings. The van der Waals surface area contributed by atoms with Gasteiger partial charge in [-0.25, -0.2) is 0 Å². The van der Waals surface area contributed by atoms with Crippen molar-refractivity contribution in [2.75, 3.05) is 13.1 Å². The SMILES string of the molecule is CCCCCCCCNC(=S)NCC1O[C@H](C)C(C)C(O)[C@@H]1O. The minimum Gasteiger partial charge on any atom is -0.390 e. The lowest BCUT2D eigenvalue weighted by Crippen LogP contribution is -2.56. The van der Waals surface area contributed by atoms with E-state index in [2.05, 4.69) is 17.6 Å². The van der Waals surface area contributed by atoms with Crippen LogP contribution in [0.5, 0.6) is 0 Å². The Morgan fingerprint density at radius 1 is 1.00 bits per heavy atom. The second kappa shape index (κ2) is 11.2. The van der Waals surface area contributed by atoms with E-state index in [1.54, 1.807) is 0 Å². The van der Waals surface area contributed by atoms with Crippen LogP contribution < -0.4 is 10.6 Å². The van der Waals surface area contributed by atoms with Gasteiger partial charge in [-0.1, -0.05) is 46.0 Å². The number of ether oxygens (including phenoxy) is 1. The van der Waals surface area contributed by atoms with Crippen molar-refractivity contribution < 1.29 is 14.9 Å². The molecule has 0 aromatic heterocycles. The van der Waals surface area contributed by atoms with Crippen LogP contribution in [0.15, 0.2) is 0 Å². The van der Waals surface area contributed by atoms with Gasteiger partial charge in [0.15, 0.2) is 5.11 Å². The van der Waals surface area contributed by atoms with Gasteiger partial charge in [-0.15, -0.1) is 0 Å². The number of thiocarbonyl (C=S) groups is 1. The molecular formula is C17H34N2O3S. The van der Waals surface area contributed by atoms with Crippen LogP contribution in [0.1, 0.15) is 59.3 Å². The fraction of sp³-hybridized carbons (Fsp3) is 0.941. The summed E-state index contributed by atoms with van der Waals surface area (Å²) < 4.78 is 5.75. The molecule has 1 fully saturated rings. The Kier molecular flexibility index (Phi) is 10.0. The molecule has 0 saturated carbocycles. The lowest BCUT2D eigenvalue weighted by atomic mass is 9.89. The molecule has 5 atom stereocenters. The number of nitrogens with one attached hydrogen (secondary N) is 2. The summed E-state index contributed by atoms with van der Waals surface area (Å²) in [6.45, 7) is 7.29. The minimum absolute atomic E-state index is 0.0703. The molecule has 0 spiro atoms. The molecule has 4 N–H and O–H groups in total. The highest BCUT2D eigenvalue weighted by molar-refractivity contribution is 7.80. The van der Waals surface area contributed by atoms with Crippen LogP contribution in [0, 0.1) is 5.92 Å². The fourth-order valence-electron chi connectivity index (χ4n) is 2.82. The van der Waals surface area contributed by atoms with E-state index in [-0.39, 0.29) is 12.0 Å². The Hall–Kier alpha value is -0.430. The summed E-state index contributed by atoms with van der Waals surface area (Å²) in [7, 11) is 0. The van der Waals surface area contributed by atoms with Gasteiger partial charge in [-0.3, -0.25) is 0 Å². The molecule has 1 aliphatic heterocycles. The largest absolute Gasteiger partial charge is 0.390 e. The zero-order valence-corrected chi connectivity index (χ0v) is 15.6. The van der Waals surface area contributed by atoms with Gasteiger partial charge in [0.25, 0.3) is 0 Å². The maximum atomic E-state index is 10.1. The van der Waals surface area contributed by atoms with E-state index in [9.17, 15) is 10.2 Å². The molecule has 23 heavy (non-hydrogen) atoms. The summed E-state index contributed by atoms with van der Waals surface area (Å²) in [5.74, 6) is -0.0703. The lowest BCUT2D eigenvalue weighted by molar-refractivity contribution is -0.188. The van der Waals surface area contributed by atoms with E-state index in [1.165, 1.54) is 32.1 Å². The summed E-state index contributed by atoms with van der Waals surface area (Å²) in [6, 6.07) is 0. The third kappa shape index (κ3) is 7.33. The maximum Gasteiger partial charge on any atom is 0.166 e. The molecule has 0 amide bonds. The number of aliphatic hydroxyl groups is 2. The third-order valence-electron chi connectivity index (χ3n) is 4.68. The van der Waals surface area contributed by atoms with Gasteiger partial charge in [0.1, 0.15) is 12.2 Å². The van der Waals surface area contributed by atoms with Crippen LogP contribution in [-0.4, -0.2) is 52.8 Å². The number of hydrogen-bond donors (Lipinski definition) is 4. The van der Waals surface area contributed by atoms with E-state index >= 15 is 0 Å². The Balaban J connectivity index is 2.13. The highest BCUT2D eigenvalue weighted by Gasteiger charge is 2.39. The van der Waals surface area contributed by atoms with Gasteiger partial charge in [-0.2, -0.15) is 0 Å². The average Bonchev–Trinajstić information content (AvgIpc) is 2.54. The van der Waals surface area contributed by atoms with Gasteiger partial charge >= 0.3 is 0 Å².